The van der Waals surface area contributed by atoms with E-state index in [4.69, 9.17) is 10.5 Å². The van der Waals surface area contributed by atoms with Crippen LogP contribution >= 0.6 is 24.0 Å². The van der Waals surface area contributed by atoms with Crippen LogP contribution in [-0.4, -0.2) is 38.9 Å². The van der Waals surface area contributed by atoms with Crippen LogP contribution in [0.2, 0.25) is 0 Å². The van der Waals surface area contributed by atoms with Gasteiger partial charge in [0.25, 0.3) is 0 Å². The molecule has 0 atom stereocenters. The van der Waals surface area contributed by atoms with Gasteiger partial charge in [-0.05, 0) is 36.6 Å². The topological polar surface area (TPSA) is 97.0 Å². The summed E-state index contributed by atoms with van der Waals surface area (Å²) in [6.45, 7) is 2.03. The van der Waals surface area contributed by atoms with Crippen LogP contribution in [0.4, 0.5) is 5.69 Å². The lowest BCUT2D eigenvalue weighted by molar-refractivity contribution is 0.185. The molecule has 0 aromatic heterocycles. The molecular formula is C20H27IN4O3S. The lowest BCUT2D eigenvalue weighted by Gasteiger charge is -2.15. The van der Waals surface area contributed by atoms with Crippen LogP contribution in [-0.2, 0) is 27.9 Å². The maximum Gasteiger partial charge on any atom is 0.243 e. The Balaban J connectivity index is 0.00000300. The molecule has 2 aromatic carbocycles. The molecule has 0 spiro atoms. The fraction of sp³-hybridized carbons (Fsp3) is 0.350. The summed E-state index contributed by atoms with van der Waals surface area (Å²) < 4.78 is 31.8. The summed E-state index contributed by atoms with van der Waals surface area (Å²) in [5.74, 6) is 0.289. The molecule has 158 valence electrons. The number of benzene rings is 2. The molecule has 1 heterocycles. The van der Waals surface area contributed by atoms with Gasteiger partial charge in [0.1, 0.15) is 0 Å². The second kappa shape index (κ2) is 10.9. The van der Waals surface area contributed by atoms with Gasteiger partial charge in [-0.15, -0.1) is 24.0 Å². The number of nitrogens with one attached hydrogen (secondary N) is 1. The van der Waals surface area contributed by atoms with E-state index in [0.717, 1.165) is 29.7 Å². The Hall–Kier alpha value is -1.69. The number of nitrogens with two attached hydrogens (primary N) is 1. The fourth-order valence-electron chi connectivity index (χ4n) is 3.12. The first-order valence-electron chi connectivity index (χ1n) is 9.23. The molecule has 7 nitrogen and oxygen atoms in total. The number of aliphatic imine (C=N–C) groups is 1. The number of halogens is 1. The highest BCUT2D eigenvalue weighted by Gasteiger charge is 2.26. The van der Waals surface area contributed by atoms with Gasteiger partial charge in [0.15, 0.2) is 5.96 Å². The predicted molar refractivity (Wildman–Crippen MR) is 126 cm³/mol. The Morgan fingerprint density at radius 3 is 2.45 bits per heavy atom. The minimum absolute atomic E-state index is 0. The van der Waals surface area contributed by atoms with E-state index in [2.05, 4.69) is 10.3 Å². The maximum atomic E-state index is 12.6. The third-order valence-corrected chi connectivity index (χ3v) is 6.55. The number of ether oxygens (including phenoxy) is 1. The summed E-state index contributed by atoms with van der Waals surface area (Å²) in [7, 11) is -1.75. The van der Waals surface area contributed by atoms with Gasteiger partial charge in [-0.3, -0.25) is 0 Å². The molecule has 0 saturated carbocycles. The standard InChI is InChI=1S/C20H26N4O3S.HI/c1-27-15-17-6-2-3-7-19(17)23-20(21)22-14-16-8-10-18(11-9-16)28(25,26)24-12-4-5-13-24;/h2-3,6-11H,4-5,12-15H2,1H3,(H3,21,22,23);1H. The van der Waals surface area contributed by atoms with E-state index in [1.54, 1.807) is 35.7 Å². The van der Waals surface area contributed by atoms with Gasteiger partial charge < -0.3 is 15.8 Å². The summed E-state index contributed by atoms with van der Waals surface area (Å²) in [4.78, 5) is 4.66. The number of nitrogens with zero attached hydrogens (tertiary/aromatic N) is 2. The molecule has 29 heavy (non-hydrogen) atoms. The fourth-order valence-corrected chi connectivity index (χ4v) is 4.64. The quantitative estimate of drug-likeness (QED) is 0.326. The van der Waals surface area contributed by atoms with Gasteiger partial charge in [-0.25, -0.2) is 13.4 Å². The van der Waals surface area contributed by atoms with Crippen molar-refractivity contribution in [1.82, 2.24) is 4.31 Å². The normalized spacial score (nSPS) is 15.1. The summed E-state index contributed by atoms with van der Waals surface area (Å²) >= 11 is 0. The highest BCUT2D eigenvalue weighted by molar-refractivity contribution is 14.0. The van der Waals surface area contributed by atoms with Crippen LogP contribution in [0.1, 0.15) is 24.0 Å². The Morgan fingerprint density at radius 1 is 1.14 bits per heavy atom. The summed E-state index contributed by atoms with van der Waals surface area (Å²) in [5, 5.41) is 3.08. The van der Waals surface area contributed by atoms with Crippen LogP contribution in [0.5, 0.6) is 0 Å². The number of rotatable bonds is 7. The van der Waals surface area contributed by atoms with E-state index in [-0.39, 0.29) is 29.9 Å². The number of guanidine groups is 1. The van der Waals surface area contributed by atoms with Gasteiger partial charge in [-0.1, -0.05) is 30.3 Å². The molecule has 3 N–H and O–H groups in total. The summed E-state index contributed by atoms with van der Waals surface area (Å²) in [6.07, 6.45) is 1.84. The zero-order valence-electron chi connectivity index (χ0n) is 16.4. The number of anilines is 1. The molecule has 3 rings (SSSR count). The number of sulfonamides is 1. The van der Waals surface area contributed by atoms with Crippen molar-refractivity contribution < 1.29 is 13.2 Å². The van der Waals surface area contributed by atoms with Crippen LogP contribution in [0.25, 0.3) is 0 Å². The van der Waals surface area contributed by atoms with Crippen molar-refractivity contribution in [3.8, 4) is 0 Å². The Labute approximate surface area is 189 Å². The largest absolute Gasteiger partial charge is 0.380 e. The molecule has 9 heteroatoms. The van der Waals surface area contributed by atoms with E-state index in [1.807, 2.05) is 24.3 Å². The second-order valence-corrected chi connectivity index (χ2v) is 8.61. The van der Waals surface area contributed by atoms with Crippen molar-refractivity contribution in [2.45, 2.75) is 30.9 Å². The second-order valence-electron chi connectivity index (χ2n) is 6.67. The average Bonchev–Trinajstić information content (AvgIpc) is 3.24. The lowest BCUT2D eigenvalue weighted by Crippen LogP contribution is -2.27. The van der Waals surface area contributed by atoms with E-state index in [1.165, 1.54) is 0 Å². The monoisotopic (exact) mass is 530 g/mol. The molecule has 0 unspecified atom stereocenters. The van der Waals surface area contributed by atoms with E-state index >= 15 is 0 Å². The van der Waals surface area contributed by atoms with Gasteiger partial charge in [0.05, 0.1) is 18.0 Å². The Kier molecular flexibility index (Phi) is 8.87. The van der Waals surface area contributed by atoms with Crippen molar-refractivity contribution >= 4 is 45.6 Å². The van der Waals surface area contributed by atoms with Crippen LogP contribution < -0.4 is 11.1 Å². The molecule has 1 aliphatic heterocycles. The lowest BCUT2D eigenvalue weighted by atomic mass is 10.2. The van der Waals surface area contributed by atoms with Gasteiger partial charge in [0.2, 0.25) is 10.0 Å². The predicted octanol–water partition coefficient (Wildman–Crippen LogP) is 3.16. The van der Waals surface area contributed by atoms with Gasteiger partial charge >= 0.3 is 0 Å². The van der Waals surface area contributed by atoms with E-state index in [0.29, 0.717) is 31.1 Å². The average molecular weight is 530 g/mol. The Morgan fingerprint density at radius 2 is 1.79 bits per heavy atom. The third kappa shape index (κ3) is 6.14. The van der Waals surface area contributed by atoms with Crippen LogP contribution in [0, 0.1) is 0 Å². The van der Waals surface area contributed by atoms with Crippen molar-refractivity contribution in [2.24, 2.45) is 10.7 Å². The zero-order valence-corrected chi connectivity index (χ0v) is 19.5. The highest BCUT2D eigenvalue weighted by atomic mass is 127. The number of methoxy groups -OCH3 is 1. The molecular weight excluding hydrogens is 503 g/mol. The number of para-hydroxylation sites is 1. The molecule has 0 amide bonds. The van der Waals surface area contributed by atoms with Crippen molar-refractivity contribution in [3.63, 3.8) is 0 Å². The molecule has 1 fully saturated rings. The van der Waals surface area contributed by atoms with Crippen molar-refractivity contribution in [1.29, 1.82) is 0 Å². The maximum absolute atomic E-state index is 12.6. The first-order chi connectivity index (χ1) is 13.5. The molecule has 1 aliphatic rings. The first-order valence-corrected chi connectivity index (χ1v) is 10.7. The van der Waals surface area contributed by atoms with Crippen molar-refractivity contribution in [2.75, 3.05) is 25.5 Å². The molecule has 2 aromatic rings. The zero-order chi connectivity index (χ0) is 20.0. The molecule has 1 saturated heterocycles. The summed E-state index contributed by atoms with van der Waals surface area (Å²) in [5.41, 5.74) is 8.71. The number of hydrogen-bond donors (Lipinski definition) is 2. The minimum atomic E-state index is -3.39. The molecule has 0 aliphatic carbocycles. The molecule has 0 bridgehead atoms. The van der Waals surface area contributed by atoms with E-state index in [9.17, 15) is 8.42 Å². The minimum Gasteiger partial charge on any atom is -0.380 e. The van der Waals surface area contributed by atoms with E-state index < -0.39 is 10.0 Å². The summed E-state index contributed by atoms with van der Waals surface area (Å²) in [6, 6.07) is 14.5. The molecule has 0 radical (unpaired) electrons. The Bertz CT molecular complexity index is 927. The highest BCUT2D eigenvalue weighted by Crippen LogP contribution is 2.21. The number of hydrogen-bond acceptors (Lipinski definition) is 4. The smallest absolute Gasteiger partial charge is 0.243 e. The van der Waals surface area contributed by atoms with Crippen molar-refractivity contribution in [3.05, 3.63) is 59.7 Å². The van der Waals surface area contributed by atoms with Gasteiger partial charge in [-0.2, -0.15) is 4.31 Å². The first kappa shape index (κ1) is 23.6. The third-order valence-electron chi connectivity index (χ3n) is 4.64. The van der Waals surface area contributed by atoms with Crippen LogP contribution in [0.15, 0.2) is 58.4 Å². The SMILES string of the molecule is COCc1ccccc1NC(N)=NCc1ccc(S(=O)(=O)N2CCCC2)cc1.I. The van der Waals surface area contributed by atoms with Crippen LogP contribution in [0.3, 0.4) is 0 Å². The van der Waals surface area contributed by atoms with Gasteiger partial charge in [0, 0.05) is 31.5 Å².